The van der Waals surface area contributed by atoms with Crippen LogP contribution in [-0.2, 0) is 4.74 Å². The summed E-state index contributed by atoms with van der Waals surface area (Å²) in [6, 6.07) is -0.667. The lowest BCUT2D eigenvalue weighted by molar-refractivity contribution is 0.0239. The molecule has 0 aromatic heterocycles. The van der Waals surface area contributed by atoms with Crippen molar-refractivity contribution in [2.24, 2.45) is 10.8 Å². The van der Waals surface area contributed by atoms with Crippen molar-refractivity contribution in [2.45, 2.75) is 32.5 Å². The lowest BCUT2D eigenvalue weighted by Gasteiger charge is -2.23. The SMILES string of the molecule is CC1CC=C(/C=N/NC(N)=O)C(C)O1. The van der Waals surface area contributed by atoms with Crippen LogP contribution in [0.15, 0.2) is 16.8 Å². The maximum absolute atomic E-state index is 10.3. The third kappa shape index (κ3) is 3.18. The fourth-order valence-corrected chi connectivity index (χ4v) is 1.28. The van der Waals surface area contributed by atoms with E-state index in [0.717, 1.165) is 12.0 Å². The predicted molar refractivity (Wildman–Crippen MR) is 53.9 cm³/mol. The number of nitrogens with two attached hydrogens (primary N) is 1. The lowest BCUT2D eigenvalue weighted by Crippen LogP contribution is -2.27. The molecule has 0 saturated carbocycles. The Morgan fingerprint density at radius 1 is 1.79 bits per heavy atom. The predicted octanol–water partition coefficient (Wildman–Crippen LogP) is 0.764. The summed E-state index contributed by atoms with van der Waals surface area (Å²) in [6.45, 7) is 3.96. The van der Waals surface area contributed by atoms with E-state index in [1.165, 1.54) is 0 Å². The summed E-state index contributed by atoms with van der Waals surface area (Å²) in [5, 5.41) is 3.67. The third-order valence-corrected chi connectivity index (χ3v) is 1.98. The minimum absolute atomic E-state index is 0.0113. The molecule has 14 heavy (non-hydrogen) atoms. The van der Waals surface area contributed by atoms with Crippen LogP contribution in [0.25, 0.3) is 0 Å². The molecule has 0 radical (unpaired) electrons. The second-order valence-corrected chi connectivity index (χ2v) is 3.26. The zero-order chi connectivity index (χ0) is 10.6. The van der Waals surface area contributed by atoms with E-state index in [1.807, 2.05) is 19.9 Å². The van der Waals surface area contributed by atoms with Gasteiger partial charge in [-0.15, -0.1) is 0 Å². The summed E-state index contributed by atoms with van der Waals surface area (Å²) >= 11 is 0. The summed E-state index contributed by atoms with van der Waals surface area (Å²) < 4.78 is 5.55. The molecule has 5 heteroatoms. The van der Waals surface area contributed by atoms with Gasteiger partial charge in [-0.2, -0.15) is 5.10 Å². The molecule has 0 fully saturated rings. The Morgan fingerprint density at radius 2 is 2.50 bits per heavy atom. The second kappa shape index (κ2) is 4.76. The van der Waals surface area contributed by atoms with Crippen LogP contribution in [0.1, 0.15) is 20.3 Å². The van der Waals surface area contributed by atoms with Crippen molar-refractivity contribution in [3.8, 4) is 0 Å². The smallest absolute Gasteiger partial charge is 0.332 e. The van der Waals surface area contributed by atoms with E-state index < -0.39 is 6.03 Å². The molecule has 2 unspecified atom stereocenters. The highest BCUT2D eigenvalue weighted by Gasteiger charge is 2.16. The van der Waals surface area contributed by atoms with E-state index in [4.69, 9.17) is 10.5 Å². The van der Waals surface area contributed by atoms with E-state index in [0.29, 0.717) is 0 Å². The van der Waals surface area contributed by atoms with Gasteiger partial charge in [-0.25, -0.2) is 10.2 Å². The molecule has 5 nitrogen and oxygen atoms in total. The Morgan fingerprint density at radius 3 is 3.07 bits per heavy atom. The van der Waals surface area contributed by atoms with Gasteiger partial charge in [0.15, 0.2) is 0 Å². The van der Waals surface area contributed by atoms with E-state index in [-0.39, 0.29) is 12.2 Å². The quantitative estimate of drug-likeness (QED) is 0.506. The summed E-state index contributed by atoms with van der Waals surface area (Å²) in [7, 11) is 0. The Hall–Kier alpha value is -1.36. The molecule has 78 valence electrons. The molecule has 3 N–H and O–H groups in total. The van der Waals surface area contributed by atoms with Crippen LogP contribution in [0, 0.1) is 0 Å². The molecule has 1 aliphatic heterocycles. The van der Waals surface area contributed by atoms with Gasteiger partial charge in [-0.1, -0.05) is 6.08 Å². The van der Waals surface area contributed by atoms with Crippen molar-refractivity contribution < 1.29 is 9.53 Å². The van der Waals surface area contributed by atoms with Gasteiger partial charge >= 0.3 is 6.03 Å². The number of urea groups is 1. The highest BCUT2D eigenvalue weighted by atomic mass is 16.5. The van der Waals surface area contributed by atoms with Crippen molar-refractivity contribution in [1.82, 2.24) is 5.43 Å². The average molecular weight is 197 g/mol. The van der Waals surface area contributed by atoms with Gasteiger partial charge < -0.3 is 10.5 Å². The second-order valence-electron chi connectivity index (χ2n) is 3.26. The van der Waals surface area contributed by atoms with Crippen LogP contribution in [0.3, 0.4) is 0 Å². The average Bonchev–Trinajstić information content (AvgIpc) is 2.08. The maximum atomic E-state index is 10.3. The fraction of sp³-hybridized carbons (Fsp3) is 0.556. The molecule has 1 heterocycles. The summed E-state index contributed by atoms with van der Waals surface area (Å²) in [5.41, 5.74) is 7.94. The van der Waals surface area contributed by atoms with E-state index >= 15 is 0 Å². The highest BCUT2D eigenvalue weighted by molar-refractivity contribution is 5.81. The van der Waals surface area contributed by atoms with Crippen molar-refractivity contribution in [1.29, 1.82) is 0 Å². The fourth-order valence-electron chi connectivity index (χ4n) is 1.28. The third-order valence-electron chi connectivity index (χ3n) is 1.98. The Balaban J connectivity index is 2.51. The largest absolute Gasteiger partial charge is 0.371 e. The Labute approximate surface area is 83.0 Å². The van der Waals surface area contributed by atoms with E-state index in [2.05, 4.69) is 10.5 Å². The molecule has 0 bridgehead atoms. The van der Waals surface area contributed by atoms with Gasteiger partial charge in [-0.3, -0.25) is 0 Å². The minimum atomic E-state index is -0.667. The molecule has 0 saturated heterocycles. The lowest BCUT2D eigenvalue weighted by atomic mass is 10.1. The van der Waals surface area contributed by atoms with Crippen LogP contribution in [0.4, 0.5) is 4.79 Å². The maximum Gasteiger partial charge on any atom is 0.332 e. The molecule has 0 aromatic rings. The molecule has 2 amide bonds. The van der Waals surface area contributed by atoms with E-state index in [1.54, 1.807) is 6.21 Å². The number of rotatable bonds is 2. The number of nitrogens with one attached hydrogen (secondary N) is 1. The Bertz CT molecular complexity index is 273. The van der Waals surface area contributed by atoms with Crippen molar-refractivity contribution in [2.75, 3.05) is 0 Å². The van der Waals surface area contributed by atoms with Crippen LogP contribution >= 0.6 is 0 Å². The molecule has 0 spiro atoms. The highest BCUT2D eigenvalue weighted by Crippen LogP contribution is 2.16. The van der Waals surface area contributed by atoms with Crippen LogP contribution in [0.5, 0.6) is 0 Å². The number of amides is 2. The van der Waals surface area contributed by atoms with Crippen LogP contribution in [-0.4, -0.2) is 24.5 Å². The molecule has 1 aliphatic rings. The first-order valence-corrected chi connectivity index (χ1v) is 4.53. The zero-order valence-electron chi connectivity index (χ0n) is 8.36. The van der Waals surface area contributed by atoms with Crippen molar-refractivity contribution >= 4 is 12.2 Å². The topological polar surface area (TPSA) is 76.7 Å². The van der Waals surface area contributed by atoms with Crippen molar-refractivity contribution in [3.05, 3.63) is 11.6 Å². The molecular weight excluding hydrogens is 182 g/mol. The molecule has 2 atom stereocenters. The standard InChI is InChI=1S/C9H15N3O2/c1-6-3-4-8(7(2)14-6)5-11-12-9(10)13/h4-7H,3H2,1-2H3,(H3,10,12,13)/b11-5+. The summed E-state index contributed by atoms with van der Waals surface area (Å²) in [4.78, 5) is 10.3. The first-order valence-electron chi connectivity index (χ1n) is 4.53. The molecule has 1 rings (SSSR count). The van der Waals surface area contributed by atoms with Crippen LogP contribution in [0.2, 0.25) is 0 Å². The van der Waals surface area contributed by atoms with Gasteiger partial charge in [0.05, 0.1) is 18.4 Å². The molecule has 0 aliphatic carbocycles. The van der Waals surface area contributed by atoms with Gasteiger partial charge in [0, 0.05) is 0 Å². The van der Waals surface area contributed by atoms with Gasteiger partial charge in [0.2, 0.25) is 0 Å². The first kappa shape index (κ1) is 10.7. The number of hydrogen-bond donors (Lipinski definition) is 2. The monoisotopic (exact) mass is 197 g/mol. The van der Waals surface area contributed by atoms with Gasteiger partial charge in [-0.05, 0) is 25.8 Å². The number of primary amides is 1. The van der Waals surface area contributed by atoms with Gasteiger partial charge in [0.1, 0.15) is 0 Å². The summed E-state index contributed by atoms with van der Waals surface area (Å²) in [5.74, 6) is 0. The first-order chi connectivity index (χ1) is 6.59. The van der Waals surface area contributed by atoms with Crippen molar-refractivity contribution in [3.63, 3.8) is 0 Å². The molecular formula is C9H15N3O2. The van der Waals surface area contributed by atoms with E-state index in [9.17, 15) is 4.79 Å². The summed E-state index contributed by atoms with van der Waals surface area (Å²) in [6.07, 6.45) is 4.72. The number of hydrogen-bond acceptors (Lipinski definition) is 3. The zero-order valence-corrected chi connectivity index (χ0v) is 8.36. The van der Waals surface area contributed by atoms with Gasteiger partial charge in [0.25, 0.3) is 0 Å². The van der Waals surface area contributed by atoms with Crippen LogP contribution < -0.4 is 11.2 Å². The number of ether oxygens (including phenoxy) is 1. The number of nitrogens with zero attached hydrogens (tertiary/aromatic N) is 1. The normalized spacial score (nSPS) is 27.4. The Kier molecular flexibility index (Phi) is 3.64. The number of carbonyl (C=O) groups is 1. The number of carbonyl (C=O) groups excluding carboxylic acids is 1. The number of hydrazone groups is 1. The molecule has 0 aromatic carbocycles. The minimum Gasteiger partial charge on any atom is -0.371 e.